The van der Waals surface area contributed by atoms with Gasteiger partial charge in [0.2, 0.25) is 0 Å². The van der Waals surface area contributed by atoms with Crippen molar-refractivity contribution in [2.24, 2.45) is 0 Å². The molecule has 0 unspecified atom stereocenters. The molecule has 0 saturated carbocycles. The highest BCUT2D eigenvalue weighted by Crippen LogP contribution is 2.01. The molecule has 0 N–H and O–H groups in total. The molecule has 15 heavy (non-hydrogen) atoms. The minimum Gasteiger partial charge on any atom is -0.424 e. The van der Waals surface area contributed by atoms with Gasteiger partial charge in [-0.1, -0.05) is 33.1 Å². The van der Waals surface area contributed by atoms with Crippen molar-refractivity contribution in [1.82, 2.24) is 0 Å². The van der Waals surface area contributed by atoms with Crippen LogP contribution in [0, 0.1) is 0 Å². The molecule has 2 nitrogen and oxygen atoms in total. The van der Waals surface area contributed by atoms with Crippen LogP contribution >= 0.6 is 0 Å². The summed E-state index contributed by atoms with van der Waals surface area (Å²) >= 11 is 0. The van der Waals surface area contributed by atoms with Crippen LogP contribution in [0.5, 0.6) is 0 Å². The monoisotopic (exact) mass is 232 g/mol. The summed E-state index contributed by atoms with van der Waals surface area (Å²) in [7, 11) is 0.00849. The van der Waals surface area contributed by atoms with Gasteiger partial charge in [-0.3, -0.25) is 0 Å². The van der Waals surface area contributed by atoms with E-state index in [0.717, 1.165) is 19.8 Å². The van der Waals surface area contributed by atoms with Crippen LogP contribution in [0.15, 0.2) is 0 Å². The fourth-order valence-electron chi connectivity index (χ4n) is 1.28. The molecule has 3 heteroatoms. The predicted molar refractivity (Wildman–Crippen MR) is 69.2 cm³/mol. The van der Waals surface area contributed by atoms with Crippen LogP contribution in [0.3, 0.4) is 0 Å². The summed E-state index contributed by atoms with van der Waals surface area (Å²) in [4.78, 5) is 0. The zero-order valence-electron chi connectivity index (χ0n) is 10.6. The van der Waals surface area contributed by atoms with Gasteiger partial charge in [0, 0.05) is 19.8 Å². The van der Waals surface area contributed by atoms with Crippen LogP contribution in [-0.2, 0) is 9.16 Å². The van der Waals surface area contributed by atoms with E-state index < -0.39 is 0 Å². The molecule has 92 valence electrons. The molecule has 0 radical (unpaired) electrons. The fraction of sp³-hybridized carbons (Fsp3) is 1.00. The summed E-state index contributed by atoms with van der Waals surface area (Å²) in [6.07, 6.45) is 7.66. The number of unbranched alkanes of at least 4 members (excludes halogenated alkanes) is 2. The SMILES string of the molecule is C1CC[SiH2]OC1.CCCCOCCCC. The molecule has 0 atom stereocenters. The van der Waals surface area contributed by atoms with Crippen LogP contribution in [0.1, 0.15) is 52.4 Å². The van der Waals surface area contributed by atoms with Crippen molar-refractivity contribution in [1.29, 1.82) is 0 Å². The maximum atomic E-state index is 5.31. The highest BCUT2D eigenvalue weighted by Gasteiger charge is 1.96. The van der Waals surface area contributed by atoms with E-state index in [2.05, 4.69) is 13.8 Å². The van der Waals surface area contributed by atoms with Crippen LogP contribution in [0.25, 0.3) is 0 Å². The molecular formula is C12H28O2Si. The van der Waals surface area contributed by atoms with E-state index in [9.17, 15) is 0 Å². The standard InChI is InChI=1S/C8H18O.C4H10OSi/c1-3-5-7-9-8-6-4-2;1-2-4-6-5-3-1/h3-8H2,1-2H3;1-4,6H2. The fourth-order valence-corrected chi connectivity index (χ4v) is 2.45. The number of rotatable bonds is 6. The van der Waals surface area contributed by atoms with Crippen molar-refractivity contribution in [3.63, 3.8) is 0 Å². The molecule has 0 bridgehead atoms. The predicted octanol–water partition coefficient (Wildman–Crippen LogP) is 2.90. The second kappa shape index (κ2) is 14.1. The van der Waals surface area contributed by atoms with Crippen LogP contribution in [-0.4, -0.2) is 29.6 Å². The summed E-state index contributed by atoms with van der Waals surface area (Å²) in [5.41, 5.74) is 0. The van der Waals surface area contributed by atoms with E-state index in [1.807, 2.05) is 0 Å². The van der Waals surface area contributed by atoms with Gasteiger partial charge in [-0.05, 0) is 25.3 Å². The van der Waals surface area contributed by atoms with Crippen molar-refractivity contribution in [2.75, 3.05) is 19.8 Å². The quantitative estimate of drug-likeness (QED) is 0.518. The van der Waals surface area contributed by atoms with E-state index in [1.165, 1.54) is 44.6 Å². The summed E-state index contributed by atoms with van der Waals surface area (Å²) in [5, 5.41) is 0. The normalized spacial score (nSPS) is 17.2. The Hall–Kier alpha value is 0.137. The molecule has 0 aliphatic carbocycles. The second-order valence-electron chi connectivity index (χ2n) is 3.99. The number of ether oxygens (including phenoxy) is 1. The molecule has 1 rings (SSSR count). The molecule has 1 heterocycles. The molecule has 0 aromatic carbocycles. The molecule has 0 aromatic heterocycles. The van der Waals surface area contributed by atoms with Crippen molar-refractivity contribution in [3.05, 3.63) is 0 Å². The summed E-state index contributed by atoms with van der Waals surface area (Å²) in [5.74, 6) is 0. The Labute approximate surface area is 97.7 Å². The van der Waals surface area contributed by atoms with Gasteiger partial charge in [-0.25, -0.2) is 0 Å². The Morgan fingerprint density at radius 1 is 1.07 bits per heavy atom. The van der Waals surface area contributed by atoms with Gasteiger partial charge in [-0.2, -0.15) is 0 Å². The van der Waals surface area contributed by atoms with E-state index >= 15 is 0 Å². The van der Waals surface area contributed by atoms with Gasteiger partial charge < -0.3 is 9.16 Å². The first-order chi connectivity index (χ1) is 7.41. The summed E-state index contributed by atoms with van der Waals surface area (Å²) in [6.45, 7) is 7.34. The maximum Gasteiger partial charge on any atom is 0.161 e. The van der Waals surface area contributed by atoms with E-state index in [1.54, 1.807) is 0 Å². The third-order valence-electron chi connectivity index (χ3n) is 2.36. The van der Waals surface area contributed by atoms with Gasteiger partial charge in [0.05, 0.1) is 0 Å². The topological polar surface area (TPSA) is 18.5 Å². The second-order valence-corrected chi connectivity index (χ2v) is 5.52. The Morgan fingerprint density at radius 3 is 2.00 bits per heavy atom. The van der Waals surface area contributed by atoms with Gasteiger partial charge in [0.1, 0.15) is 0 Å². The Kier molecular flexibility index (Phi) is 14.3. The van der Waals surface area contributed by atoms with E-state index in [-0.39, 0.29) is 9.76 Å². The van der Waals surface area contributed by atoms with Crippen molar-refractivity contribution >= 4 is 9.76 Å². The minimum absolute atomic E-state index is 0.00849. The summed E-state index contributed by atoms with van der Waals surface area (Å²) in [6, 6.07) is 1.42. The highest BCUT2D eigenvalue weighted by molar-refractivity contribution is 6.27. The lowest BCUT2D eigenvalue weighted by Crippen LogP contribution is -2.06. The first-order valence-electron chi connectivity index (χ1n) is 6.57. The van der Waals surface area contributed by atoms with Crippen molar-refractivity contribution in [2.45, 2.75) is 58.4 Å². The van der Waals surface area contributed by atoms with Gasteiger partial charge in [0.15, 0.2) is 9.76 Å². The molecular weight excluding hydrogens is 204 g/mol. The Morgan fingerprint density at radius 2 is 1.73 bits per heavy atom. The average molecular weight is 232 g/mol. The maximum absolute atomic E-state index is 5.31. The van der Waals surface area contributed by atoms with Gasteiger partial charge in [-0.15, -0.1) is 0 Å². The summed E-state index contributed by atoms with van der Waals surface area (Å²) < 4.78 is 10.5. The van der Waals surface area contributed by atoms with Crippen molar-refractivity contribution < 1.29 is 9.16 Å². The third-order valence-corrected chi connectivity index (χ3v) is 3.73. The van der Waals surface area contributed by atoms with Crippen LogP contribution < -0.4 is 0 Å². The number of hydrogen-bond acceptors (Lipinski definition) is 2. The lowest BCUT2D eigenvalue weighted by molar-refractivity contribution is 0.128. The molecule has 0 aromatic rings. The molecule has 1 aliphatic rings. The molecule has 1 aliphatic heterocycles. The lowest BCUT2D eigenvalue weighted by Gasteiger charge is -2.07. The molecule has 0 amide bonds. The molecule has 0 spiro atoms. The first kappa shape index (κ1) is 15.1. The number of hydrogen-bond donors (Lipinski definition) is 0. The zero-order valence-corrected chi connectivity index (χ0v) is 12.0. The highest BCUT2D eigenvalue weighted by atomic mass is 28.2. The van der Waals surface area contributed by atoms with Gasteiger partial charge in [0.25, 0.3) is 0 Å². The molecule has 1 saturated heterocycles. The molecule has 1 fully saturated rings. The first-order valence-corrected chi connectivity index (χ1v) is 8.15. The van der Waals surface area contributed by atoms with Gasteiger partial charge >= 0.3 is 0 Å². The average Bonchev–Trinajstić information content (AvgIpc) is 2.32. The van der Waals surface area contributed by atoms with Crippen molar-refractivity contribution in [3.8, 4) is 0 Å². The largest absolute Gasteiger partial charge is 0.424 e. The Bertz CT molecular complexity index is 88.3. The Balaban J connectivity index is 0.000000280. The smallest absolute Gasteiger partial charge is 0.161 e. The lowest BCUT2D eigenvalue weighted by atomic mass is 10.3. The minimum atomic E-state index is 0.00849. The van der Waals surface area contributed by atoms with Crippen LogP contribution in [0.2, 0.25) is 6.04 Å². The zero-order chi connectivity index (χ0) is 11.2. The third kappa shape index (κ3) is 14.1. The van der Waals surface area contributed by atoms with E-state index in [0.29, 0.717) is 0 Å². The van der Waals surface area contributed by atoms with Crippen LogP contribution in [0.4, 0.5) is 0 Å². The van der Waals surface area contributed by atoms with E-state index in [4.69, 9.17) is 9.16 Å².